The number of hydrogen-bond donors (Lipinski definition) is 0. The number of aromatic nitrogens is 1. The van der Waals surface area contributed by atoms with Crippen molar-refractivity contribution in [2.45, 2.75) is 5.88 Å². The molecule has 1 aromatic heterocycles. The van der Waals surface area contributed by atoms with Crippen LogP contribution in [0.2, 0.25) is 5.02 Å². The van der Waals surface area contributed by atoms with Gasteiger partial charge in [-0.15, -0.1) is 11.6 Å². The van der Waals surface area contributed by atoms with E-state index in [1.807, 2.05) is 18.2 Å². The molecule has 0 unspecified atom stereocenters. The average molecular weight is 307 g/mol. The number of rotatable bonds is 2. The Hall–Kier alpha value is -0.510. The van der Waals surface area contributed by atoms with Gasteiger partial charge in [0.25, 0.3) is 0 Å². The van der Waals surface area contributed by atoms with E-state index in [1.54, 1.807) is 6.20 Å². The van der Waals surface area contributed by atoms with Crippen molar-refractivity contribution >= 4 is 39.1 Å². The van der Waals surface area contributed by atoms with Crippen LogP contribution in [-0.4, -0.2) is 4.98 Å². The lowest BCUT2D eigenvalue weighted by atomic mass is 10.2. The molecule has 0 amide bonds. The van der Waals surface area contributed by atoms with Crippen molar-refractivity contribution < 1.29 is 4.42 Å². The second-order valence-corrected chi connectivity index (χ2v) is 4.53. The Balaban J connectivity index is 2.44. The fraction of sp³-hybridized carbons (Fsp3) is 0.100. The molecule has 2 nitrogen and oxygen atoms in total. The molecule has 1 aromatic carbocycles. The minimum atomic E-state index is 0.266. The second kappa shape index (κ2) is 4.56. The zero-order valence-corrected chi connectivity index (χ0v) is 10.6. The molecule has 78 valence electrons. The predicted molar refractivity (Wildman–Crippen MR) is 64.2 cm³/mol. The lowest BCUT2D eigenvalue weighted by Crippen LogP contribution is -1.75. The fourth-order valence-corrected chi connectivity index (χ4v) is 2.19. The highest BCUT2D eigenvalue weighted by atomic mass is 79.9. The largest absolute Gasteiger partial charge is 0.439 e. The predicted octanol–water partition coefficient (Wildman–Crippen LogP) is 4.50. The summed E-state index contributed by atoms with van der Waals surface area (Å²) in [4.78, 5) is 4.01. The molecular weight excluding hydrogens is 301 g/mol. The van der Waals surface area contributed by atoms with Crippen LogP contribution < -0.4 is 0 Å². The molecule has 0 aliphatic rings. The topological polar surface area (TPSA) is 26.0 Å². The van der Waals surface area contributed by atoms with Gasteiger partial charge in [-0.1, -0.05) is 27.5 Å². The van der Waals surface area contributed by atoms with Crippen LogP contribution in [0.1, 0.15) is 5.89 Å². The van der Waals surface area contributed by atoms with Crippen LogP contribution in [0, 0.1) is 0 Å². The van der Waals surface area contributed by atoms with Crippen molar-refractivity contribution in [2.75, 3.05) is 0 Å². The Bertz CT molecular complexity index is 464. The van der Waals surface area contributed by atoms with Crippen LogP contribution in [-0.2, 0) is 5.88 Å². The first-order valence-electron chi connectivity index (χ1n) is 4.16. The number of hydrogen-bond acceptors (Lipinski definition) is 2. The van der Waals surface area contributed by atoms with Crippen LogP contribution >= 0.6 is 39.1 Å². The van der Waals surface area contributed by atoms with Crippen LogP contribution in [0.5, 0.6) is 0 Å². The van der Waals surface area contributed by atoms with Crippen LogP contribution in [0.15, 0.2) is 33.3 Å². The Labute approximate surface area is 105 Å². The molecule has 0 saturated carbocycles. The van der Waals surface area contributed by atoms with Gasteiger partial charge < -0.3 is 4.42 Å². The van der Waals surface area contributed by atoms with Gasteiger partial charge in [-0.3, -0.25) is 0 Å². The summed E-state index contributed by atoms with van der Waals surface area (Å²) in [5.41, 5.74) is 0.873. The standard InChI is InChI=1S/C10H6BrCl2NO/c11-7-1-6(2-8(13)3-7)9-5-14-10(4-12)15-9/h1-3,5H,4H2. The maximum atomic E-state index is 5.92. The smallest absolute Gasteiger partial charge is 0.209 e. The third kappa shape index (κ3) is 2.54. The van der Waals surface area contributed by atoms with Crippen molar-refractivity contribution in [1.82, 2.24) is 4.98 Å². The summed E-state index contributed by atoms with van der Waals surface area (Å²) >= 11 is 14.9. The van der Waals surface area contributed by atoms with E-state index in [1.165, 1.54) is 0 Å². The van der Waals surface area contributed by atoms with E-state index in [4.69, 9.17) is 27.6 Å². The van der Waals surface area contributed by atoms with E-state index in [-0.39, 0.29) is 5.88 Å². The maximum absolute atomic E-state index is 5.92. The molecule has 1 heterocycles. The highest BCUT2D eigenvalue weighted by Crippen LogP contribution is 2.28. The van der Waals surface area contributed by atoms with E-state index >= 15 is 0 Å². The van der Waals surface area contributed by atoms with E-state index in [9.17, 15) is 0 Å². The summed E-state index contributed by atoms with van der Waals surface area (Å²) in [6.45, 7) is 0. The summed E-state index contributed by atoms with van der Waals surface area (Å²) in [6.07, 6.45) is 1.63. The Morgan fingerprint density at radius 3 is 2.73 bits per heavy atom. The van der Waals surface area contributed by atoms with Gasteiger partial charge in [0.1, 0.15) is 0 Å². The van der Waals surface area contributed by atoms with Gasteiger partial charge in [-0.25, -0.2) is 4.98 Å². The lowest BCUT2D eigenvalue weighted by Gasteiger charge is -1.98. The fourth-order valence-electron chi connectivity index (χ4n) is 1.20. The Kier molecular flexibility index (Phi) is 3.34. The van der Waals surface area contributed by atoms with Gasteiger partial charge >= 0.3 is 0 Å². The first kappa shape index (κ1) is 11.0. The quantitative estimate of drug-likeness (QED) is 0.764. The molecule has 0 fully saturated rings. The molecule has 15 heavy (non-hydrogen) atoms. The molecule has 0 N–H and O–H groups in total. The number of halogens is 3. The molecule has 2 aromatic rings. The molecular formula is C10H6BrCl2NO. The Morgan fingerprint density at radius 1 is 1.33 bits per heavy atom. The first-order chi connectivity index (χ1) is 7.19. The minimum absolute atomic E-state index is 0.266. The maximum Gasteiger partial charge on any atom is 0.209 e. The Morgan fingerprint density at radius 2 is 2.13 bits per heavy atom. The third-order valence-electron chi connectivity index (χ3n) is 1.81. The van der Waals surface area contributed by atoms with Gasteiger partial charge in [0, 0.05) is 15.1 Å². The second-order valence-electron chi connectivity index (χ2n) is 2.91. The number of benzene rings is 1. The van der Waals surface area contributed by atoms with E-state index in [2.05, 4.69) is 20.9 Å². The summed E-state index contributed by atoms with van der Waals surface area (Å²) in [5, 5.41) is 0.642. The van der Waals surface area contributed by atoms with Crippen molar-refractivity contribution in [3.05, 3.63) is 39.8 Å². The minimum Gasteiger partial charge on any atom is -0.439 e. The SMILES string of the molecule is ClCc1ncc(-c2cc(Cl)cc(Br)c2)o1. The van der Waals surface area contributed by atoms with Crippen molar-refractivity contribution in [3.8, 4) is 11.3 Å². The molecule has 0 aliphatic heterocycles. The zero-order valence-electron chi connectivity index (χ0n) is 7.51. The molecule has 2 rings (SSSR count). The first-order valence-corrected chi connectivity index (χ1v) is 5.87. The summed E-state index contributed by atoms with van der Waals surface area (Å²) in [5.74, 6) is 1.43. The lowest BCUT2D eigenvalue weighted by molar-refractivity contribution is 0.529. The molecule has 0 saturated heterocycles. The normalized spacial score (nSPS) is 10.6. The molecule has 0 bridgehead atoms. The van der Waals surface area contributed by atoms with Crippen molar-refractivity contribution in [3.63, 3.8) is 0 Å². The molecule has 0 spiro atoms. The van der Waals surface area contributed by atoms with Gasteiger partial charge in [0.2, 0.25) is 5.89 Å². The van der Waals surface area contributed by atoms with Crippen LogP contribution in [0.25, 0.3) is 11.3 Å². The molecule has 5 heteroatoms. The zero-order chi connectivity index (χ0) is 10.8. The molecule has 0 aliphatic carbocycles. The molecule has 0 atom stereocenters. The number of nitrogens with zero attached hydrogens (tertiary/aromatic N) is 1. The van der Waals surface area contributed by atoms with Crippen molar-refractivity contribution in [1.29, 1.82) is 0 Å². The highest BCUT2D eigenvalue weighted by Gasteiger charge is 2.07. The summed E-state index contributed by atoms with van der Waals surface area (Å²) in [7, 11) is 0. The monoisotopic (exact) mass is 305 g/mol. The summed E-state index contributed by atoms with van der Waals surface area (Å²) < 4.78 is 6.30. The van der Waals surface area contributed by atoms with Crippen LogP contribution in [0.4, 0.5) is 0 Å². The third-order valence-corrected chi connectivity index (χ3v) is 2.72. The van der Waals surface area contributed by atoms with Gasteiger partial charge in [-0.05, 0) is 18.2 Å². The van der Waals surface area contributed by atoms with Crippen molar-refractivity contribution in [2.24, 2.45) is 0 Å². The van der Waals surface area contributed by atoms with Gasteiger partial charge in [0.05, 0.1) is 12.1 Å². The van der Waals surface area contributed by atoms with E-state index < -0.39 is 0 Å². The number of oxazole rings is 1. The summed E-state index contributed by atoms with van der Waals surface area (Å²) in [6, 6.07) is 5.53. The van der Waals surface area contributed by atoms with E-state index in [0.29, 0.717) is 16.7 Å². The average Bonchev–Trinajstić information content (AvgIpc) is 2.64. The number of alkyl halides is 1. The van der Waals surface area contributed by atoms with Gasteiger partial charge in [-0.2, -0.15) is 0 Å². The highest BCUT2D eigenvalue weighted by molar-refractivity contribution is 9.10. The molecule has 0 radical (unpaired) electrons. The van der Waals surface area contributed by atoms with Crippen LogP contribution in [0.3, 0.4) is 0 Å². The van der Waals surface area contributed by atoms with Gasteiger partial charge in [0.15, 0.2) is 5.76 Å². The van der Waals surface area contributed by atoms with E-state index in [0.717, 1.165) is 10.0 Å².